The van der Waals surface area contributed by atoms with Crippen LogP contribution in [0, 0.1) is 5.92 Å². The Bertz CT molecular complexity index is 546. The number of amides is 1. The zero-order chi connectivity index (χ0) is 12.5. The van der Waals surface area contributed by atoms with Gasteiger partial charge in [-0.3, -0.25) is 9.89 Å². The highest BCUT2D eigenvalue weighted by Crippen LogP contribution is 2.28. The standard InChI is InChI=1S/C13H15N3OS/c1-9-5-7-16(8-9)13(17)12-3-2-11(18-12)10-4-6-14-15-10/h2-4,6,9H,5,7-8H2,1H3,(H,14,15)/t9-/m1/s1. The van der Waals surface area contributed by atoms with Gasteiger partial charge in [0.1, 0.15) is 0 Å². The zero-order valence-electron chi connectivity index (χ0n) is 10.2. The molecule has 0 unspecified atom stereocenters. The molecule has 1 amide bonds. The minimum absolute atomic E-state index is 0.162. The highest BCUT2D eigenvalue weighted by molar-refractivity contribution is 7.17. The summed E-state index contributed by atoms with van der Waals surface area (Å²) in [5.74, 6) is 0.788. The fraction of sp³-hybridized carbons (Fsp3) is 0.385. The first-order valence-electron chi connectivity index (χ1n) is 6.13. The smallest absolute Gasteiger partial charge is 0.263 e. The Morgan fingerprint density at radius 3 is 3.06 bits per heavy atom. The van der Waals surface area contributed by atoms with Crippen LogP contribution in [0.1, 0.15) is 23.0 Å². The van der Waals surface area contributed by atoms with E-state index in [4.69, 9.17) is 0 Å². The number of thiophene rings is 1. The summed E-state index contributed by atoms with van der Waals surface area (Å²) in [6.07, 6.45) is 2.84. The molecule has 3 heterocycles. The number of carbonyl (C=O) groups excluding carboxylic acids is 1. The maximum absolute atomic E-state index is 12.3. The van der Waals surface area contributed by atoms with Crippen molar-refractivity contribution in [2.75, 3.05) is 13.1 Å². The predicted molar refractivity (Wildman–Crippen MR) is 71.6 cm³/mol. The molecule has 0 radical (unpaired) electrons. The molecule has 4 nitrogen and oxygen atoms in total. The summed E-state index contributed by atoms with van der Waals surface area (Å²) in [7, 11) is 0. The van der Waals surface area contributed by atoms with Gasteiger partial charge in [0.2, 0.25) is 0 Å². The maximum Gasteiger partial charge on any atom is 0.263 e. The Kier molecular flexibility index (Phi) is 2.91. The Morgan fingerprint density at radius 2 is 2.39 bits per heavy atom. The van der Waals surface area contributed by atoms with Gasteiger partial charge in [0, 0.05) is 19.3 Å². The van der Waals surface area contributed by atoms with Crippen LogP contribution in [-0.4, -0.2) is 34.1 Å². The van der Waals surface area contributed by atoms with Crippen molar-refractivity contribution in [1.82, 2.24) is 15.1 Å². The van der Waals surface area contributed by atoms with Crippen LogP contribution >= 0.6 is 11.3 Å². The molecule has 0 saturated carbocycles. The first-order valence-corrected chi connectivity index (χ1v) is 6.94. The molecule has 18 heavy (non-hydrogen) atoms. The van der Waals surface area contributed by atoms with Crippen LogP contribution in [0.3, 0.4) is 0 Å². The quantitative estimate of drug-likeness (QED) is 0.903. The van der Waals surface area contributed by atoms with Gasteiger partial charge in [-0.15, -0.1) is 11.3 Å². The van der Waals surface area contributed by atoms with Crippen molar-refractivity contribution in [3.63, 3.8) is 0 Å². The molecule has 2 aromatic rings. The molecule has 1 saturated heterocycles. The van der Waals surface area contributed by atoms with Crippen LogP contribution in [-0.2, 0) is 0 Å². The van der Waals surface area contributed by atoms with Gasteiger partial charge in [-0.1, -0.05) is 6.92 Å². The topological polar surface area (TPSA) is 49.0 Å². The molecule has 0 aliphatic carbocycles. The molecule has 1 aliphatic rings. The highest BCUT2D eigenvalue weighted by Gasteiger charge is 2.25. The lowest BCUT2D eigenvalue weighted by atomic mass is 10.2. The van der Waals surface area contributed by atoms with Crippen molar-refractivity contribution in [3.8, 4) is 10.6 Å². The van der Waals surface area contributed by atoms with Gasteiger partial charge in [-0.05, 0) is 30.5 Å². The van der Waals surface area contributed by atoms with E-state index >= 15 is 0 Å². The largest absolute Gasteiger partial charge is 0.338 e. The molecule has 2 aromatic heterocycles. The molecule has 0 bridgehead atoms. The second kappa shape index (κ2) is 4.57. The number of aromatic nitrogens is 2. The second-order valence-corrected chi connectivity index (χ2v) is 5.86. The molecule has 94 valence electrons. The first kappa shape index (κ1) is 11.5. The van der Waals surface area contributed by atoms with Gasteiger partial charge in [0.05, 0.1) is 15.4 Å². The monoisotopic (exact) mass is 261 g/mol. The van der Waals surface area contributed by atoms with E-state index in [9.17, 15) is 4.79 Å². The van der Waals surface area contributed by atoms with E-state index in [2.05, 4.69) is 17.1 Å². The molecule has 1 fully saturated rings. The van der Waals surface area contributed by atoms with E-state index in [-0.39, 0.29) is 5.91 Å². The minimum atomic E-state index is 0.162. The molecule has 1 aliphatic heterocycles. The van der Waals surface area contributed by atoms with Crippen molar-refractivity contribution < 1.29 is 4.79 Å². The van der Waals surface area contributed by atoms with Crippen LogP contribution in [0.5, 0.6) is 0 Å². The average molecular weight is 261 g/mol. The van der Waals surface area contributed by atoms with Crippen molar-refractivity contribution in [1.29, 1.82) is 0 Å². The number of likely N-dealkylation sites (tertiary alicyclic amines) is 1. The van der Waals surface area contributed by atoms with E-state index in [0.717, 1.165) is 35.0 Å². The molecule has 1 N–H and O–H groups in total. The normalized spacial score (nSPS) is 19.4. The summed E-state index contributed by atoms with van der Waals surface area (Å²) in [6, 6.07) is 5.80. The molecule has 0 aromatic carbocycles. The zero-order valence-corrected chi connectivity index (χ0v) is 11.0. The lowest BCUT2D eigenvalue weighted by Gasteiger charge is -2.14. The molecular formula is C13H15N3OS. The maximum atomic E-state index is 12.3. The number of aromatic amines is 1. The van der Waals surface area contributed by atoms with E-state index in [0.29, 0.717) is 5.92 Å². The van der Waals surface area contributed by atoms with Crippen molar-refractivity contribution in [3.05, 3.63) is 29.3 Å². The van der Waals surface area contributed by atoms with Crippen molar-refractivity contribution >= 4 is 17.2 Å². The second-order valence-electron chi connectivity index (χ2n) is 4.78. The molecule has 0 spiro atoms. The number of nitrogens with one attached hydrogen (secondary N) is 1. The average Bonchev–Trinajstić information content (AvgIpc) is 3.09. The van der Waals surface area contributed by atoms with E-state index in [1.807, 2.05) is 23.1 Å². The van der Waals surface area contributed by atoms with Gasteiger partial charge in [0.15, 0.2) is 0 Å². The third-order valence-electron chi connectivity index (χ3n) is 3.29. The molecular weight excluding hydrogens is 246 g/mol. The van der Waals surface area contributed by atoms with E-state index in [1.54, 1.807) is 6.20 Å². The summed E-state index contributed by atoms with van der Waals surface area (Å²) in [5.41, 5.74) is 0.967. The molecule has 3 rings (SSSR count). The Hall–Kier alpha value is -1.62. The van der Waals surface area contributed by atoms with E-state index in [1.165, 1.54) is 11.3 Å². The Balaban J connectivity index is 1.79. The van der Waals surface area contributed by atoms with Crippen molar-refractivity contribution in [2.24, 2.45) is 5.92 Å². The summed E-state index contributed by atoms with van der Waals surface area (Å²) in [4.78, 5) is 16.1. The van der Waals surface area contributed by atoms with Crippen LogP contribution in [0.2, 0.25) is 0 Å². The number of hydrogen-bond donors (Lipinski definition) is 1. The summed E-state index contributed by atoms with van der Waals surface area (Å²) in [6.45, 7) is 3.96. The fourth-order valence-electron chi connectivity index (χ4n) is 2.27. The van der Waals surface area contributed by atoms with Gasteiger partial charge in [-0.25, -0.2) is 0 Å². The first-order chi connectivity index (χ1) is 8.74. The van der Waals surface area contributed by atoms with Crippen LogP contribution in [0.15, 0.2) is 24.4 Å². The predicted octanol–water partition coefficient (Wildman–Crippen LogP) is 2.62. The number of H-pyrrole nitrogens is 1. The van der Waals surface area contributed by atoms with Gasteiger partial charge in [-0.2, -0.15) is 5.10 Å². The molecule has 5 heteroatoms. The molecule has 1 atom stereocenters. The van der Waals surface area contributed by atoms with E-state index < -0.39 is 0 Å². The van der Waals surface area contributed by atoms with Gasteiger partial charge < -0.3 is 4.90 Å². The Labute approximate surface area is 110 Å². The van der Waals surface area contributed by atoms with Gasteiger partial charge >= 0.3 is 0 Å². The summed E-state index contributed by atoms with van der Waals surface area (Å²) in [5, 5.41) is 6.84. The lowest BCUT2D eigenvalue weighted by molar-refractivity contribution is 0.0793. The number of rotatable bonds is 2. The fourth-order valence-corrected chi connectivity index (χ4v) is 3.22. The van der Waals surface area contributed by atoms with Crippen LogP contribution in [0.25, 0.3) is 10.6 Å². The summed E-state index contributed by atoms with van der Waals surface area (Å²) >= 11 is 1.52. The number of nitrogens with zero attached hydrogens (tertiary/aromatic N) is 2. The van der Waals surface area contributed by atoms with Crippen molar-refractivity contribution in [2.45, 2.75) is 13.3 Å². The highest BCUT2D eigenvalue weighted by atomic mass is 32.1. The van der Waals surface area contributed by atoms with Crippen LogP contribution in [0.4, 0.5) is 0 Å². The summed E-state index contributed by atoms with van der Waals surface area (Å²) < 4.78 is 0. The minimum Gasteiger partial charge on any atom is -0.338 e. The Morgan fingerprint density at radius 1 is 1.50 bits per heavy atom. The number of carbonyl (C=O) groups is 1. The lowest BCUT2D eigenvalue weighted by Crippen LogP contribution is -2.27. The number of hydrogen-bond acceptors (Lipinski definition) is 3. The third kappa shape index (κ3) is 2.06. The third-order valence-corrected chi connectivity index (χ3v) is 4.40. The van der Waals surface area contributed by atoms with Gasteiger partial charge in [0.25, 0.3) is 5.91 Å². The van der Waals surface area contributed by atoms with Crippen LogP contribution < -0.4 is 0 Å². The SMILES string of the molecule is C[C@@H]1CCN(C(=O)c2ccc(-c3ccn[nH]3)s2)C1.